The molecule has 3 heterocycles. The first-order valence-electron chi connectivity index (χ1n) is 8.48. The second-order valence-corrected chi connectivity index (χ2v) is 6.51. The van der Waals surface area contributed by atoms with Gasteiger partial charge in [0.15, 0.2) is 17.3 Å². The average molecular weight is 357 g/mol. The van der Waals surface area contributed by atoms with Gasteiger partial charge in [0.1, 0.15) is 19.3 Å². The lowest BCUT2D eigenvalue weighted by Crippen LogP contribution is -2.36. The van der Waals surface area contributed by atoms with Crippen LogP contribution in [0.5, 0.6) is 11.5 Å². The summed E-state index contributed by atoms with van der Waals surface area (Å²) in [6.45, 7) is 4.87. The molecule has 1 atom stereocenters. The Morgan fingerprint density at radius 3 is 2.85 bits per heavy atom. The largest absolute Gasteiger partial charge is 0.486 e. The summed E-state index contributed by atoms with van der Waals surface area (Å²) in [5.74, 6) is 1.60. The van der Waals surface area contributed by atoms with Crippen molar-refractivity contribution in [3.8, 4) is 11.5 Å². The van der Waals surface area contributed by atoms with E-state index in [0.29, 0.717) is 42.2 Å². The minimum Gasteiger partial charge on any atom is -0.486 e. The smallest absolute Gasteiger partial charge is 0.249 e. The number of ether oxygens (including phenoxy) is 2. The van der Waals surface area contributed by atoms with E-state index >= 15 is 0 Å². The van der Waals surface area contributed by atoms with Crippen LogP contribution < -0.4 is 20.1 Å². The Labute approximate surface area is 149 Å². The highest BCUT2D eigenvalue weighted by molar-refractivity contribution is 6.00. The van der Waals surface area contributed by atoms with Crippen LogP contribution in [0, 0.1) is 0 Å². The summed E-state index contributed by atoms with van der Waals surface area (Å²) in [6, 6.07) is 4.43. The van der Waals surface area contributed by atoms with Gasteiger partial charge in [-0.15, -0.1) is 0 Å². The molecule has 2 amide bonds. The van der Waals surface area contributed by atoms with Gasteiger partial charge in [-0.2, -0.15) is 10.1 Å². The van der Waals surface area contributed by atoms with Crippen molar-refractivity contribution in [2.24, 2.45) is 0 Å². The Morgan fingerprint density at radius 2 is 2.08 bits per heavy atom. The molecule has 1 aromatic heterocycles. The highest BCUT2D eigenvalue weighted by atomic mass is 16.6. The Kier molecular flexibility index (Phi) is 3.98. The number of nitrogens with zero attached hydrogens (tertiary/aromatic N) is 3. The number of hydrogen-bond acceptors (Lipinski definition) is 6. The molecule has 0 fully saturated rings. The molecule has 0 saturated heterocycles. The van der Waals surface area contributed by atoms with Crippen molar-refractivity contribution in [2.45, 2.75) is 32.2 Å². The fraction of sp³-hybridized carbons (Fsp3) is 0.412. The minimum absolute atomic E-state index is 0.00425. The Hall–Kier alpha value is -3.10. The molecular weight excluding hydrogens is 338 g/mol. The number of aromatic nitrogens is 3. The van der Waals surface area contributed by atoms with Crippen molar-refractivity contribution >= 4 is 23.5 Å². The van der Waals surface area contributed by atoms with Gasteiger partial charge in [0.25, 0.3) is 0 Å². The first-order chi connectivity index (χ1) is 12.5. The predicted octanol–water partition coefficient (Wildman–Crippen LogP) is 1.69. The summed E-state index contributed by atoms with van der Waals surface area (Å²) < 4.78 is 12.5. The van der Waals surface area contributed by atoms with Crippen LogP contribution >= 0.6 is 0 Å². The van der Waals surface area contributed by atoms with Crippen molar-refractivity contribution in [1.29, 1.82) is 0 Å². The molecule has 4 rings (SSSR count). The zero-order valence-electron chi connectivity index (χ0n) is 14.5. The van der Waals surface area contributed by atoms with E-state index in [1.807, 2.05) is 13.8 Å². The number of fused-ring (bicyclic) bond motifs is 2. The maximum atomic E-state index is 12.8. The first-order valence-corrected chi connectivity index (χ1v) is 8.48. The van der Waals surface area contributed by atoms with Gasteiger partial charge in [-0.1, -0.05) is 13.8 Å². The second kappa shape index (κ2) is 6.32. The van der Waals surface area contributed by atoms with Gasteiger partial charge in [0, 0.05) is 17.7 Å². The third-order valence-electron chi connectivity index (χ3n) is 4.20. The van der Waals surface area contributed by atoms with Crippen molar-refractivity contribution in [2.75, 3.05) is 23.8 Å². The molecule has 1 aromatic carbocycles. The van der Waals surface area contributed by atoms with Crippen LogP contribution in [0.25, 0.3) is 0 Å². The maximum Gasteiger partial charge on any atom is 0.249 e. The van der Waals surface area contributed by atoms with Crippen molar-refractivity contribution in [3.63, 3.8) is 0 Å². The van der Waals surface area contributed by atoms with E-state index in [-0.39, 0.29) is 24.2 Å². The molecule has 26 heavy (non-hydrogen) atoms. The molecule has 0 spiro atoms. The van der Waals surface area contributed by atoms with Crippen LogP contribution in [0.15, 0.2) is 18.2 Å². The van der Waals surface area contributed by atoms with Gasteiger partial charge < -0.3 is 14.8 Å². The number of carbonyl (C=O) groups is 2. The molecule has 0 aliphatic carbocycles. The minimum atomic E-state index is -0.757. The molecule has 0 bridgehead atoms. The lowest BCUT2D eigenvalue weighted by molar-refractivity contribution is -0.125. The van der Waals surface area contributed by atoms with E-state index < -0.39 is 6.04 Å². The molecule has 9 heteroatoms. The summed E-state index contributed by atoms with van der Waals surface area (Å²) in [6.07, 6.45) is 0.00425. The average Bonchev–Trinajstić information content (AvgIpc) is 3.05. The maximum absolute atomic E-state index is 12.8. The molecule has 2 aliphatic rings. The van der Waals surface area contributed by atoms with Crippen molar-refractivity contribution < 1.29 is 19.1 Å². The molecule has 136 valence electrons. The SMILES string of the molecule is CC(C)c1nc2n(n1)[C@@H](C(=O)Nc1ccc3c(c1)OCCO3)CC(=O)N2. The molecule has 9 nitrogen and oxygen atoms in total. The quantitative estimate of drug-likeness (QED) is 0.866. The highest BCUT2D eigenvalue weighted by Crippen LogP contribution is 2.33. The lowest BCUT2D eigenvalue weighted by Gasteiger charge is -2.23. The Balaban J connectivity index is 1.58. The summed E-state index contributed by atoms with van der Waals surface area (Å²) in [4.78, 5) is 29.0. The first kappa shape index (κ1) is 16.4. The van der Waals surface area contributed by atoms with Crippen LogP contribution in [0.4, 0.5) is 11.6 Å². The van der Waals surface area contributed by atoms with E-state index in [0.717, 1.165) is 0 Å². The third kappa shape index (κ3) is 2.96. The third-order valence-corrected chi connectivity index (χ3v) is 4.20. The van der Waals surface area contributed by atoms with Crippen molar-refractivity contribution in [1.82, 2.24) is 14.8 Å². The number of benzene rings is 1. The fourth-order valence-electron chi connectivity index (χ4n) is 2.88. The van der Waals surface area contributed by atoms with Gasteiger partial charge in [-0.25, -0.2) is 4.68 Å². The fourth-order valence-corrected chi connectivity index (χ4v) is 2.88. The summed E-state index contributed by atoms with van der Waals surface area (Å²) >= 11 is 0. The molecule has 2 aliphatic heterocycles. The standard InChI is InChI=1S/C17H19N5O4/c1-9(2)15-20-17-19-14(23)8-11(22(17)21-15)16(24)18-10-3-4-12-13(7-10)26-6-5-25-12/h3-4,7,9,11H,5-6,8H2,1-2H3,(H,18,24)(H,19,20,21,23)/t11-/m1/s1. The van der Waals surface area contributed by atoms with Crippen molar-refractivity contribution in [3.05, 3.63) is 24.0 Å². The Bertz CT molecular complexity index is 876. The van der Waals surface area contributed by atoms with Crippen LogP contribution in [0.3, 0.4) is 0 Å². The normalized spacial score (nSPS) is 18.3. The Morgan fingerprint density at radius 1 is 1.31 bits per heavy atom. The van der Waals surface area contributed by atoms with Gasteiger partial charge >= 0.3 is 0 Å². The van der Waals surface area contributed by atoms with Gasteiger partial charge in [0.05, 0.1) is 6.42 Å². The number of anilines is 2. The topological polar surface area (TPSA) is 107 Å². The number of nitrogens with one attached hydrogen (secondary N) is 2. The number of amides is 2. The second-order valence-electron chi connectivity index (χ2n) is 6.51. The van der Waals surface area contributed by atoms with E-state index in [1.54, 1.807) is 18.2 Å². The molecule has 0 radical (unpaired) electrons. The molecule has 2 aromatic rings. The monoisotopic (exact) mass is 357 g/mol. The van der Waals surface area contributed by atoms with Gasteiger partial charge in [0.2, 0.25) is 17.8 Å². The number of carbonyl (C=O) groups excluding carboxylic acids is 2. The molecular formula is C17H19N5O4. The molecule has 2 N–H and O–H groups in total. The van der Waals surface area contributed by atoms with E-state index in [4.69, 9.17) is 9.47 Å². The van der Waals surface area contributed by atoms with E-state index in [1.165, 1.54) is 4.68 Å². The van der Waals surface area contributed by atoms with Crippen LogP contribution in [-0.4, -0.2) is 39.8 Å². The van der Waals surface area contributed by atoms with Crippen LogP contribution in [0.2, 0.25) is 0 Å². The summed E-state index contributed by atoms with van der Waals surface area (Å²) in [5.41, 5.74) is 0.566. The number of rotatable bonds is 3. The number of hydrogen-bond donors (Lipinski definition) is 2. The molecule has 0 saturated carbocycles. The van der Waals surface area contributed by atoms with Gasteiger partial charge in [-0.3, -0.25) is 14.9 Å². The zero-order valence-corrected chi connectivity index (χ0v) is 14.5. The lowest BCUT2D eigenvalue weighted by atomic mass is 10.1. The van der Waals surface area contributed by atoms with Crippen LogP contribution in [0.1, 0.15) is 38.1 Å². The molecule has 0 unspecified atom stereocenters. The predicted molar refractivity (Wildman–Crippen MR) is 92.5 cm³/mol. The highest BCUT2D eigenvalue weighted by Gasteiger charge is 2.33. The zero-order chi connectivity index (χ0) is 18.3. The summed E-state index contributed by atoms with van der Waals surface area (Å²) in [5, 5.41) is 9.86. The van der Waals surface area contributed by atoms with E-state index in [2.05, 4.69) is 20.7 Å². The van der Waals surface area contributed by atoms with Gasteiger partial charge in [-0.05, 0) is 12.1 Å². The van der Waals surface area contributed by atoms with E-state index in [9.17, 15) is 9.59 Å². The van der Waals surface area contributed by atoms with Crippen LogP contribution in [-0.2, 0) is 9.59 Å². The summed E-state index contributed by atoms with van der Waals surface area (Å²) in [7, 11) is 0.